The number of amides is 2. The van der Waals surface area contributed by atoms with Crippen LogP contribution in [0.5, 0.6) is 0 Å². The largest absolute Gasteiger partial charge is 0.366 e. The number of nitrogens with two attached hydrogens (primary N) is 2. The SMILES string of the molecule is CC(C)c1ccc(-c2c(C(N)=O)cccc2C(N)=O)c(F)c1. The van der Waals surface area contributed by atoms with Crippen LogP contribution in [0.4, 0.5) is 4.39 Å². The molecule has 114 valence electrons. The molecule has 0 radical (unpaired) electrons. The van der Waals surface area contributed by atoms with E-state index in [9.17, 15) is 14.0 Å². The number of hydrogen-bond donors (Lipinski definition) is 2. The summed E-state index contributed by atoms with van der Waals surface area (Å²) in [5.74, 6) is -1.86. The highest BCUT2D eigenvalue weighted by Crippen LogP contribution is 2.31. The zero-order chi connectivity index (χ0) is 16.4. The van der Waals surface area contributed by atoms with E-state index in [0.717, 1.165) is 5.56 Å². The van der Waals surface area contributed by atoms with E-state index in [4.69, 9.17) is 11.5 Å². The van der Waals surface area contributed by atoms with Gasteiger partial charge in [-0.15, -0.1) is 0 Å². The zero-order valence-electron chi connectivity index (χ0n) is 12.4. The molecule has 0 atom stereocenters. The van der Waals surface area contributed by atoms with E-state index < -0.39 is 17.6 Å². The predicted octanol–water partition coefficient (Wildman–Crippen LogP) is 2.81. The van der Waals surface area contributed by atoms with Crippen molar-refractivity contribution in [2.75, 3.05) is 0 Å². The fourth-order valence-electron chi connectivity index (χ4n) is 2.35. The second kappa shape index (κ2) is 5.97. The van der Waals surface area contributed by atoms with E-state index in [1.165, 1.54) is 24.3 Å². The molecular formula is C17H17FN2O2. The number of carbonyl (C=O) groups excluding carboxylic acids is 2. The Morgan fingerprint density at radius 1 is 1.00 bits per heavy atom. The van der Waals surface area contributed by atoms with Gasteiger partial charge in [0.2, 0.25) is 11.8 Å². The molecule has 2 rings (SSSR count). The van der Waals surface area contributed by atoms with Crippen molar-refractivity contribution in [2.45, 2.75) is 19.8 Å². The van der Waals surface area contributed by atoms with E-state index >= 15 is 0 Å². The molecule has 2 amide bonds. The zero-order valence-corrected chi connectivity index (χ0v) is 12.4. The molecular weight excluding hydrogens is 283 g/mol. The monoisotopic (exact) mass is 300 g/mol. The molecule has 0 aliphatic heterocycles. The summed E-state index contributed by atoms with van der Waals surface area (Å²) < 4.78 is 14.5. The van der Waals surface area contributed by atoms with Gasteiger partial charge in [-0.2, -0.15) is 0 Å². The summed E-state index contributed by atoms with van der Waals surface area (Å²) in [4.78, 5) is 23.2. The Kier molecular flexibility index (Phi) is 4.26. The van der Waals surface area contributed by atoms with E-state index in [0.29, 0.717) is 0 Å². The molecule has 0 bridgehead atoms. The highest BCUT2D eigenvalue weighted by atomic mass is 19.1. The fourth-order valence-corrected chi connectivity index (χ4v) is 2.35. The standard InChI is InChI=1S/C17H17FN2O2/c1-9(2)10-6-7-11(14(18)8-10)15-12(16(19)21)4-3-5-13(15)17(20)22/h3-9H,1-2H3,(H2,19,21)(H2,20,22). The van der Waals surface area contributed by atoms with Gasteiger partial charge in [0.05, 0.1) is 0 Å². The molecule has 0 fully saturated rings. The maximum atomic E-state index is 14.5. The average molecular weight is 300 g/mol. The molecule has 0 saturated carbocycles. The normalized spacial score (nSPS) is 10.7. The second-order valence-corrected chi connectivity index (χ2v) is 5.35. The van der Waals surface area contributed by atoms with Gasteiger partial charge in [-0.05, 0) is 29.7 Å². The van der Waals surface area contributed by atoms with Gasteiger partial charge >= 0.3 is 0 Å². The van der Waals surface area contributed by atoms with Crippen molar-refractivity contribution in [3.05, 3.63) is 58.9 Å². The minimum absolute atomic E-state index is 0.0625. The predicted molar refractivity (Wildman–Crippen MR) is 83.0 cm³/mol. The van der Waals surface area contributed by atoms with Gasteiger partial charge in [-0.25, -0.2) is 4.39 Å². The van der Waals surface area contributed by atoms with Crippen molar-refractivity contribution >= 4 is 11.8 Å². The number of primary amides is 2. The van der Waals surface area contributed by atoms with Crippen LogP contribution in [0.25, 0.3) is 11.1 Å². The van der Waals surface area contributed by atoms with Gasteiger partial charge in [0.25, 0.3) is 0 Å². The first kappa shape index (κ1) is 15.7. The lowest BCUT2D eigenvalue weighted by Crippen LogP contribution is -2.18. The molecule has 4 N–H and O–H groups in total. The van der Waals surface area contributed by atoms with Gasteiger partial charge in [-0.1, -0.05) is 32.0 Å². The van der Waals surface area contributed by atoms with Gasteiger partial charge in [0.15, 0.2) is 0 Å². The van der Waals surface area contributed by atoms with Crippen molar-refractivity contribution in [2.24, 2.45) is 11.5 Å². The summed E-state index contributed by atoms with van der Waals surface area (Å²) in [6.45, 7) is 3.89. The molecule has 0 heterocycles. The maximum absolute atomic E-state index is 14.5. The third-order valence-electron chi connectivity index (χ3n) is 3.52. The Morgan fingerprint density at radius 2 is 1.55 bits per heavy atom. The Labute approximate surface area is 127 Å². The molecule has 0 aliphatic rings. The van der Waals surface area contributed by atoms with Crippen LogP contribution in [0.2, 0.25) is 0 Å². The summed E-state index contributed by atoms with van der Waals surface area (Å²) >= 11 is 0. The van der Waals surface area contributed by atoms with Crippen molar-refractivity contribution in [1.82, 2.24) is 0 Å². The molecule has 0 aliphatic carbocycles. The first-order chi connectivity index (χ1) is 10.3. The van der Waals surface area contributed by atoms with Gasteiger partial charge in [0.1, 0.15) is 5.82 Å². The maximum Gasteiger partial charge on any atom is 0.249 e. The van der Waals surface area contributed by atoms with Crippen LogP contribution >= 0.6 is 0 Å². The van der Waals surface area contributed by atoms with E-state index in [1.54, 1.807) is 12.1 Å². The quantitative estimate of drug-likeness (QED) is 0.909. The molecule has 2 aromatic carbocycles. The number of rotatable bonds is 4. The lowest BCUT2D eigenvalue weighted by Gasteiger charge is -2.14. The number of halogens is 1. The Balaban J connectivity index is 2.76. The minimum atomic E-state index is -0.745. The Hall–Kier alpha value is -2.69. The molecule has 4 nitrogen and oxygen atoms in total. The number of hydrogen-bond acceptors (Lipinski definition) is 2. The van der Waals surface area contributed by atoms with E-state index in [1.807, 2.05) is 13.8 Å². The number of carbonyl (C=O) groups is 2. The summed E-state index contributed by atoms with van der Waals surface area (Å²) in [5, 5.41) is 0. The van der Waals surface area contributed by atoms with Crippen LogP contribution in [0.15, 0.2) is 36.4 Å². The van der Waals surface area contributed by atoms with Crippen molar-refractivity contribution in [3.63, 3.8) is 0 Å². The van der Waals surface area contributed by atoms with Crippen molar-refractivity contribution < 1.29 is 14.0 Å². The lowest BCUT2D eigenvalue weighted by molar-refractivity contribution is 0.0999. The number of benzene rings is 2. The van der Waals surface area contributed by atoms with Crippen LogP contribution in [0, 0.1) is 5.82 Å². The fraction of sp³-hybridized carbons (Fsp3) is 0.176. The van der Waals surface area contributed by atoms with Crippen LogP contribution in [-0.4, -0.2) is 11.8 Å². The van der Waals surface area contributed by atoms with E-state index in [2.05, 4.69) is 0 Å². The topological polar surface area (TPSA) is 86.2 Å². The lowest BCUT2D eigenvalue weighted by atomic mass is 9.91. The molecule has 5 heteroatoms. The summed E-state index contributed by atoms with van der Waals surface area (Å²) in [6, 6.07) is 9.07. The molecule has 0 saturated heterocycles. The summed E-state index contributed by atoms with van der Waals surface area (Å²) in [6.07, 6.45) is 0. The first-order valence-corrected chi connectivity index (χ1v) is 6.85. The molecule has 22 heavy (non-hydrogen) atoms. The molecule has 2 aromatic rings. The second-order valence-electron chi connectivity index (χ2n) is 5.35. The third-order valence-corrected chi connectivity index (χ3v) is 3.52. The van der Waals surface area contributed by atoms with Gasteiger partial charge in [0, 0.05) is 22.3 Å². The minimum Gasteiger partial charge on any atom is -0.366 e. The van der Waals surface area contributed by atoms with Gasteiger partial charge < -0.3 is 11.5 Å². The highest BCUT2D eigenvalue weighted by Gasteiger charge is 2.20. The van der Waals surface area contributed by atoms with E-state index in [-0.39, 0.29) is 28.2 Å². The van der Waals surface area contributed by atoms with Crippen molar-refractivity contribution in [1.29, 1.82) is 0 Å². The van der Waals surface area contributed by atoms with Crippen molar-refractivity contribution in [3.8, 4) is 11.1 Å². The van der Waals surface area contributed by atoms with Crippen LogP contribution in [-0.2, 0) is 0 Å². The molecule has 0 aromatic heterocycles. The first-order valence-electron chi connectivity index (χ1n) is 6.85. The highest BCUT2D eigenvalue weighted by molar-refractivity contribution is 6.08. The third kappa shape index (κ3) is 2.83. The summed E-state index contributed by atoms with van der Waals surface area (Å²) in [7, 11) is 0. The average Bonchev–Trinajstić information content (AvgIpc) is 2.46. The smallest absolute Gasteiger partial charge is 0.249 e. The van der Waals surface area contributed by atoms with Crippen LogP contribution in [0.1, 0.15) is 46.0 Å². The van der Waals surface area contributed by atoms with Crippen LogP contribution < -0.4 is 11.5 Å². The Bertz CT molecular complexity index is 722. The molecule has 0 spiro atoms. The van der Waals surface area contributed by atoms with Gasteiger partial charge in [-0.3, -0.25) is 9.59 Å². The van der Waals surface area contributed by atoms with Crippen LogP contribution in [0.3, 0.4) is 0 Å². The Morgan fingerprint density at radius 3 is 1.95 bits per heavy atom. The summed E-state index contributed by atoms with van der Waals surface area (Å²) in [5.41, 5.74) is 11.9. The molecule has 0 unspecified atom stereocenters.